The van der Waals surface area contributed by atoms with Crippen LogP contribution >= 0.6 is 0 Å². The lowest BCUT2D eigenvalue weighted by Gasteiger charge is -2.37. The van der Waals surface area contributed by atoms with Gasteiger partial charge < -0.3 is 35.5 Å². The zero-order valence-corrected chi connectivity index (χ0v) is 30.5. The van der Waals surface area contributed by atoms with Gasteiger partial charge in [0.2, 0.25) is 5.91 Å². The number of carbonyl (C=O) groups is 5. The highest BCUT2D eigenvalue weighted by Crippen LogP contribution is 2.25. The van der Waals surface area contributed by atoms with E-state index in [1.807, 2.05) is 58.0 Å². The molecule has 2 fully saturated rings. The van der Waals surface area contributed by atoms with E-state index in [1.165, 1.54) is 14.2 Å². The van der Waals surface area contributed by atoms with E-state index in [1.54, 1.807) is 5.01 Å². The molecule has 280 valence electrons. The SMILES string of the molecule is COC(=O)N[C@H](C(=O)NC(Cc1ccccc1)C(CN(CC1CCCCC1)NC(=O)[C@@H](NC(=O)OC)C(C)C)OC(=O)[C@@H]1CCCN1)C(C)C. The normalized spacial score (nSPS) is 18.9. The number of hydrogen-bond donors (Lipinski definition) is 5. The van der Waals surface area contributed by atoms with Crippen LogP contribution in [-0.2, 0) is 35.0 Å². The van der Waals surface area contributed by atoms with Gasteiger partial charge in [-0.15, -0.1) is 0 Å². The fourth-order valence-corrected chi connectivity index (χ4v) is 6.51. The van der Waals surface area contributed by atoms with Crippen molar-refractivity contribution in [2.75, 3.05) is 33.9 Å². The lowest BCUT2D eigenvalue weighted by Crippen LogP contribution is -2.61. The number of amides is 4. The van der Waals surface area contributed by atoms with Crippen molar-refractivity contribution < 1.29 is 38.2 Å². The van der Waals surface area contributed by atoms with Crippen molar-refractivity contribution in [1.82, 2.24) is 31.7 Å². The minimum atomic E-state index is -0.928. The monoisotopic (exact) mass is 702 g/mol. The van der Waals surface area contributed by atoms with Crippen LogP contribution in [0.2, 0.25) is 0 Å². The molecule has 1 aliphatic heterocycles. The summed E-state index contributed by atoms with van der Waals surface area (Å²) < 4.78 is 15.8. The van der Waals surface area contributed by atoms with E-state index in [9.17, 15) is 24.0 Å². The summed E-state index contributed by atoms with van der Waals surface area (Å²) in [4.78, 5) is 65.6. The van der Waals surface area contributed by atoms with Gasteiger partial charge in [0, 0.05) is 6.54 Å². The Balaban J connectivity index is 2.01. The Morgan fingerprint density at radius 1 is 0.800 bits per heavy atom. The maximum Gasteiger partial charge on any atom is 0.407 e. The number of alkyl carbamates (subject to hydrolysis) is 2. The van der Waals surface area contributed by atoms with Crippen LogP contribution in [0.1, 0.15) is 78.2 Å². The predicted octanol–water partition coefficient (Wildman–Crippen LogP) is 3.05. The average molecular weight is 703 g/mol. The number of carbonyl (C=O) groups excluding carboxylic acids is 5. The summed E-state index contributed by atoms with van der Waals surface area (Å²) in [5.41, 5.74) is 3.92. The molecule has 1 aromatic carbocycles. The Bertz CT molecular complexity index is 1240. The van der Waals surface area contributed by atoms with Gasteiger partial charge >= 0.3 is 18.2 Å². The summed E-state index contributed by atoms with van der Waals surface area (Å²) in [6.45, 7) is 8.49. The quantitative estimate of drug-likeness (QED) is 0.0922. The van der Waals surface area contributed by atoms with E-state index >= 15 is 0 Å². The van der Waals surface area contributed by atoms with Crippen molar-refractivity contribution >= 4 is 30.0 Å². The molecule has 2 unspecified atom stereocenters. The molecule has 14 nitrogen and oxygen atoms in total. The van der Waals surface area contributed by atoms with Crippen LogP contribution in [0.15, 0.2) is 30.3 Å². The average Bonchev–Trinajstić information content (AvgIpc) is 3.65. The third-order valence-corrected chi connectivity index (χ3v) is 9.37. The molecule has 0 aromatic heterocycles. The molecule has 0 bridgehead atoms. The third-order valence-electron chi connectivity index (χ3n) is 9.37. The van der Waals surface area contributed by atoms with E-state index in [2.05, 4.69) is 26.7 Å². The predicted molar refractivity (Wildman–Crippen MR) is 188 cm³/mol. The highest BCUT2D eigenvalue weighted by Gasteiger charge is 2.37. The number of rotatable bonds is 17. The van der Waals surface area contributed by atoms with E-state index in [0.717, 1.165) is 44.1 Å². The van der Waals surface area contributed by atoms with Crippen molar-refractivity contribution in [3.05, 3.63) is 35.9 Å². The maximum atomic E-state index is 13.9. The third kappa shape index (κ3) is 13.1. The number of benzene rings is 1. The fraction of sp³-hybridized carbons (Fsp3) is 0.694. The van der Waals surface area contributed by atoms with Gasteiger partial charge in [-0.25, -0.2) is 14.6 Å². The zero-order chi connectivity index (χ0) is 36.6. The Kier molecular flexibility index (Phi) is 16.8. The molecule has 50 heavy (non-hydrogen) atoms. The number of methoxy groups -OCH3 is 2. The summed E-state index contributed by atoms with van der Waals surface area (Å²) in [6, 6.07) is 6.46. The van der Waals surface area contributed by atoms with Crippen LogP contribution < -0.4 is 26.7 Å². The number of nitrogens with zero attached hydrogens (tertiary/aromatic N) is 1. The molecule has 4 amide bonds. The molecule has 1 heterocycles. The maximum absolute atomic E-state index is 13.9. The molecule has 14 heteroatoms. The van der Waals surface area contributed by atoms with Gasteiger partial charge in [-0.2, -0.15) is 0 Å². The molecule has 5 N–H and O–H groups in total. The van der Waals surface area contributed by atoms with E-state index in [-0.39, 0.29) is 24.3 Å². The zero-order valence-electron chi connectivity index (χ0n) is 30.5. The highest BCUT2D eigenvalue weighted by molar-refractivity contribution is 5.86. The number of nitrogens with one attached hydrogen (secondary N) is 5. The minimum absolute atomic E-state index is 0.0539. The summed E-state index contributed by atoms with van der Waals surface area (Å²) in [7, 11) is 2.47. The van der Waals surface area contributed by atoms with Gasteiger partial charge in [0.15, 0.2) is 0 Å². The summed E-state index contributed by atoms with van der Waals surface area (Å²) >= 11 is 0. The molecule has 0 radical (unpaired) electrons. The van der Waals surface area contributed by atoms with Gasteiger partial charge in [-0.3, -0.25) is 19.8 Å². The fourth-order valence-electron chi connectivity index (χ4n) is 6.51. The smallest absolute Gasteiger partial charge is 0.407 e. The molecule has 1 saturated carbocycles. The lowest BCUT2D eigenvalue weighted by atomic mass is 9.89. The lowest BCUT2D eigenvalue weighted by molar-refractivity contribution is -0.156. The molecule has 2 aliphatic rings. The summed E-state index contributed by atoms with van der Waals surface area (Å²) in [6.07, 6.45) is 4.64. The van der Waals surface area contributed by atoms with Crippen LogP contribution in [0, 0.1) is 17.8 Å². The largest absolute Gasteiger partial charge is 0.458 e. The highest BCUT2D eigenvalue weighted by atomic mass is 16.6. The van der Waals surface area contributed by atoms with Crippen molar-refractivity contribution in [2.24, 2.45) is 17.8 Å². The van der Waals surface area contributed by atoms with Gasteiger partial charge in [0.05, 0.1) is 26.8 Å². The Morgan fingerprint density at radius 2 is 1.40 bits per heavy atom. The van der Waals surface area contributed by atoms with Crippen molar-refractivity contribution in [3.63, 3.8) is 0 Å². The minimum Gasteiger partial charge on any atom is -0.458 e. The van der Waals surface area contributed by atoms with E-state index < -0.39 is 60.2 Å². The van der Waals surface area contributed by atoms with Crippen molar-refractivity contribution in [3.8, 4) is 0 Å². The van der Waals surface area contributed by atoms with Crippen LogP contribution in [0.5, 0.6) is 0 Å². The van der Waals surface area contributed by atoms with E-state index in [0.29, 0.717) is 25.9 Å². The second-order valence-corrected chi connectivity index (χ2v) is 14.0. The number of hydrazine groups is 1. The topological polar surface area (TPSA) is 176 Å². The number of hydrogen-bond acceptors (Lipinski definition) is 10. The summed E-state index contributed by atoms with van der Waals surface area (Å²) in [5.74, 6) is -1.60. The molecule has 3 rings (SSSR count). The number of ether oxygens (including phenoxy) is 3. The Morgan fingerprint density at radius 3 is 1.94 bits per heavy atom. The van der Waals surface area contributed by atoms with Crippen LogP contribution in [0.3, 0.4) is 0 Å². The van der Waals surface area contributed by atoms with Crippen LogP contribution in [0.25, 0.3) is 0 Å². The first kappa shape index (κ1) is 40.5. The van der Waals surface area contributed by atoms with Gasteiger partial charge in [0.25, 0.3) is 5.91 Å². The second-order valence-electron chi connectivity index (χ2n) is 14.0. The van der Waals surface area contributed by atoms with Crippen LogP contribution in [0.4, 0.5) is 9.59 Å². The Hall–Kier alpha value is -3.91. The first-order valence-electron chi connectivity index (χ1n) is 17.9. The first-order chi connectivity index (χ1) is 23.9. The standard InChI is InChI=1S/C36H58N6O8/c1-23(2)30(39-35(46)48-5)32(43)38-28(20-25-14-9-7-10-15-25)29(50-34(45)27-18-13-19-37-27)22-42(21-26-16-11-8-12-17-26)41-33(44)31(24(3)4)40-36(47)49-6/h7,9-10,14-15,23-24,26-31,37H,8,11-13,16-22H2,1-6H3,(H,38,43)(H,39,46)(H,40,47)(H,41,44)/t27-,28?,29?,30-,31-/m0/s1. The van der Waals surface area contributed by atoms with Crippen LogP contribution in [-0.4, -0.2) is 99.1 Å². The molecule has 5 atom stereocenters. The van der Waals surface area contributed by atoms with Gasteiger partial charge in [-0.1, -0.05) is 77.3 Å². The summed E-state index contributed by atoms with van der Waals surface area (Å²) in [5, 5.41) is 13.3. The molecule has 1 saturated heterocycles. The molecular formula is C36H58N6O8. The Labute approximate surface area is 296 Å². The van der Waals surface area contributed by atoms with E-state index in [4.69, 9.17) is 14.2 Å². The first-order valence-corrected chi connectivity index (χ1v) is 17.9. The second kappa shape index (κ2) is 20.7. The van der Waals surface area contributed by atoms with Gasteiger partial charge in [0.1, 0.15) is 24.2 Å². The van der Waals surface area contributed by atoms with Crippen molar-refractivity contribution in [1.29, 1.82) is 0 Å². The molecule has 0 spiro atoms. The molecular weight excluding hydrogens is 644 g/mol. The molecule has 1 aromatic rings. The molecule has 1 aliphatic carbocycles. The van der Waals surface area contributed by atoms with Crippen molar-refractivity contribution in [2.45, 2.75) is 109 Å². The number of esters is 1. The van der Waals surface area contributed by atoms with Gasteiger partial charge in [-0.05, 0) is 62.0 Å².